The summed E-state index contributed by atoms with van der Waals surface area (Å²) in [4.78, 5) is 31.2. The summed E-state index contributed by atoms with van der Waals surface area (Å²) < 4.78 is 31.2. The Balaban J connectivity index is -0.000000231. The maximum absolute atomic E-state index is 10.4. The standard InChI is InChI=1S/3C4H11O2P/c3*1-3-7(5,6)4-2/h3*3-4H2,1-2H3,(H,5,6)/p-3. The summed E-state index contributed by atoms with van der Waals surface area (Å²) in [5.74, 6) is 0. The van der Waals surface area contributed by atoms with Crippen LogP contribution in [0, 0.1) is 0 Å². The Labute approximate surface area is 129 Å². The van der Waals surface area contributed by atoms with Gasteiger partial charge < -0.3 is 28.4 Å². The number of hydrogen-bond donors (Lipinski definition) is 0. The van der Waals surface area contributed by atoms with E-state index in [9.17, 15) is 28.4 Å². The first-order chi connectivity index (χ1) is 9.36. The molecule has 0 radical (unpaired) electrons. The molecule has 0 aromatic heterocycles. The van der Waals surface area contributed by atoms with Crippen LogP contribution < -0.4 is 14.7 Å². The first-order valence-corrected chi connectivity index (χ1v) is 13.2. The minimum atomic E-state index is -2.90. The molecule has 0 unspecified atom stereocenters. The fourth-order valence-corrected chi connectivity index (χ4v) is 2.01. The molecule has 0 aromatic rings. The van der Waals surface area contributed by atoms with Gasteiger partial charge in [0.15, 0.2) is 0 Å². The van der Waals surface area contributed by atoms with Crippen LogP contribution in [0.15, 0.2) is 0 Å². The third kappa shape index (κ3) is 20.6. The van der Waals surface area contributed by atoms with E-state index in [2.05, 4.69) is 0 Å². The molecule has 0 amide bonds. The van der Waals surface area contributed by atoms with Gasteiger partial charge in [0.25, 0.3) is 0 Å². The first kappa shape index (κ1) is 26.5. The molecule has 21 heavy (non-hydrogen) atoms. The average Bonchev–Trinajstić information content (AvgIpc) is 2.48. The van der Waals surface area contributed by atoms with Crippen molar-refractivity contribution in [2.24, 2.45) is 0 Å². The van der Waals surface area contributed by atoms with Crippen molar-refractivity contribution in [2.45, 2.75) is 41.5 Å². The van der Waals surface area contributed by atoms with Gasteiger partial charge in [-0.2, -0.15) is 0 Å². The molecular weight excluding hydrogens is 333 g/mol. The molecule has 9 heteroatoms. The van der Waals surface area contributed by atoms with Crippen molar-refractivity contribution in [3.63, 3.8) is 0 Å². The molecule has 0 aliphatic rings. The Hall–Kier alpha value is 0.570. The second-order valence-corrected chi connectivity index (χ2v) is 13.0. The van der Waals surface area contributed by atoms with E-state index in [0.717, 1.165) is 0 Å². The van der Waals surface area contributed by atoms with Crippen molar-refractivity contribution >= 4 is 22.1 Å². The van der Waals surface area contributed by atoms with Crippen LogP contribution in [-0.2, 0) is 13.7 Å². The summed E-state index contributed by atoms with van der Waals surface area (Å²) in [5.41, 5.74) is 0. The maximum atomic E-state index is 10.4. The highest BCUT2D eigenvalue weighted by Crippen LogP contribution is 2.33. The smallest absolute Gasteiger partial charge is 0.0142 e. The number of hydrogen-bond acceptors (Lipinski definition) is 6. The Bertz CT molecular complexity index is 302. The monoisotopic (exact) mass is 363 g/mol. The van der Waals surface area contributed by atoms with E-state index in [1.165, 1.54) is 0 Å². The van der Waals surface area contributed by atoms with Crippen LogP contribution in [0.5, 0.6) is 0 Å². The maximum Gasteiger partial charge on any atom is 0.0142 e. The van der Waals surface area contributed by atoms with Crippen molar-refractivity contribution in [1.82, 2.24) is 0 Å². The predicted molar refractivity (Wildman–Crippen MR) is 86.1 cm³/mol. The third-order valence-corrected chi connectivity index (χ3v) is 8.67. The molecule has 0 atom stereocenters. The van der Waals surface area contributed by atoms with Crippen LogP contribution in [0.2, 0.25) is 0 Å². The summed E-state index contributed by atoms with van der Waals surface area (Å²) in [6.45, 7) is 9.98. The SMILES string of the molecule is CCP(=O)([O-])CC.CCP(=O)([O-])CC.CCP(=O)([O-])CC. The molecule has 0 aromatic carbocycles. The van der Waals surface area contributed by atoms with Gasteiger partial charge in [0.2, 0.25) is 0 Å². The molecule has 0 bridgehead atoms. The van der Waals surface area contributed by atoms with Crippen molar-refractivity contribution in [2.75, 3.05) is 37.0 Å². The van der Waals surface area contributed by atoms with Crippen LogP contribution in [0.3, 0.4) is 0 Å². The second-order valence-electron chi connectivity index (χ2n) is 4.34. The molecule has 0 rings (SSSR count). The van der Waals surface area contributed by atoms with Crippen LogP contribution >= 0.6 is 22.1 Å². The van der Waals surface area contributed by atoms with Crippen LogP contribution in [0.1, 0.15) is 41.5 Å². The van der Waals surface area contributed by atoms with E-state index in [4.69, 9.17) is 0 Å². The lowest BCUT2D eigenvalue weighted by molar-refractivity contribution is -0.175. The molecule has 132 valence electrons. The molecule has 0 heterocycles. The molecule has 0 aliphatic heterocycles. The van der Waals surface area contributed by atoms with Gasteiger partial charge in [0.05, 0.1) is 0 Å². The van der Waals surface area contributed by atoms with Gasteiger partial charge in [-0.25, -0.2) is 0 Å². The average molecular weight is 363 g/mol. The zero-order chi connectivity index (χ0) is 17.7. The van der Waals surface area contributed by atoms with Gasteiger partial charge in [-0.15, -0.1) is 0 Å². The second kappa shape index (κ2) is 13.0. The highest BCUT2D eigenvalue weighted by Gasteiger charge is 1.97. The minimum absolute atomic E-state index is 0.295. The van der Waals surface area contributed by atoms with E-state index < -0.39 is 22.1 Å². The molecule has 0 spiro atoms. The largest absolute Gasteiger partial charge is 0.799 e. The number of rotatable bonds is 6. The summed E-state index contributed by atoms with van der Waals surface area (Å²) >= 11 is 0. The topological polar surface area (TPSA) is 120 Å². The molecule has 6 nitrogen and oxygen atoms in total. The van der Waals surface area contributed by atoms with Gasteiger partial charge in [-0.05, 0) is 37.0 Å². The molecular formula is C12H30O6P3-3. The third-order valence-electron chi connectivity index (χ3n) is 2.89. The normalized spacial score (nSPS) is 11.9. The summed E-state index contributed by atoms with van der Waals surface area (Å²) in [6, 6.07) is 0. The van der Waals surface area contributed by atoms with Gasteiger partial charge in [0, 0.05) is 22.1 Å². The zero-order valence-electron chi connectivity index (χ0n) is 14.0. The predicted octanol–water partition coefficient (Wildman–Crippen LogP) is 1.99. The van der Waals surface area contributed by atoms with Crippen molar-refractivity contribution in [3.05, 3.63) is 0 Å². The molecule has 0 fully saturated rings. The summed E-state index contributed by atoms with van der Waals surface area (Å²) in [7, 11) is -8.71. The molecule has 0 saturated carbocycles. The fraction of sp³-hybridized carbons (Fsp3) is 1.00. The van der Waals surface area contributed by atoms with Gasteiger partial charge in [-0.1, -0.05) is 41.5 Å². The van der Waals surface area contributed by atoms with Crippen LogP contribution in [0.25, 0.3) is 0 Å². The minimum Gasteiger partial charge on any atom is -0.799 e. The van der Waals surface area contributed by atoms with E-state index in [0.29, 0.717) is 37.0 Å². The molecule has 0 N–H and O–H groups in total. The van der Waals surface area contributed by atoms with Crippen LogP contribution in [0.4, 0.5) is 0 Å². The van der Waals surface area contributed by atoms with Gasteiger partial charge in [-0.3, -0.25) is 0 Å². The van der Waals surface area contributed by atoms with Gasteiger partial charge >= 0.3 is 0 Å². The van der Waals surface area contributed by atoms with E-state index in [-0.39, 0.29) is 0 Å². The fourth-order valence-electron chi connectivity index (χ4n) is 0.671. The van der Waals surface area contributed by atoms with Gasteiger partial charge in [0.1, 0.15) is 0 Å². The summed E-state index contributed by atoms with van der Waals surface area (Å²) in [6.07, 6.45) is 1.77. The van der Waals surface area contributed by atoms with E-state index in [1.54, 1.807) is 41.5 Å². The highest BCUT2D eigenvalue weighted by molar-refractivity contribution is 7.57. The van der Waals surface area contributed by atoms with Crippen molar-refractivity contribution < 1.29 is 28.4 Å². The lowest BCUT2D eigenvalue weighted by Gasteiger charge is -2.17. The Morgan fingerprint density at radius 3 is 0.571 bits per heavy atom. The summed E-state index contributed by atoms with van der Waals surface area (Å²) in [5, 5.41) is 0. The Kier molecular flexibility index (Phi) is 16.4. The van der Waals surface area contributed by atoms with E-state index in [1.807, 2.05) is 0 Å². The van der Waals surface area contributed by atoms with E-state index >= 15 is 0 Å². The Morgan fingerprint density at radius 2 is 0.571 bits per heavy atom. The molecule has 0 saturated heterocycles. The lowest BCUT2D eigenvalue weighted by Crippen LogP contribution is -2.04. The lowest BCUT2D eigenvalue weighted by atomic mass is 11.0. The Morgan fingerprint density at radius 1 is 0.476 bits per heavy atom. The first-order valence-electron chi connectivity index (χ1n) is 7.24. The van der Waals surface area contributed by atoms with Crippen molar-refractivity contribution in [3.8, 4) is 0 Å². The van der Waals surface area contributed by atoms with Crippen LogP contribution in [-0.4, -0.2) is 37.0 Å². The molecule has 0 aliphatic carbocycles. The zero-order valence-corrected chi connectivity index (χ0v) is 16.7. The quantitative estimate of drug-likeness (QED) is 0.666. The van der Waals surface area contributed by atoms with Crippen molar-refractivity contribution in [1.29, 1.82) is 0 Å². The highest BCUT2D eigenvalue weighted by atomic mass is 31.2.